The summed E-state index contributed by atoms with van der Waals surface area (Å²) in [6, 6.07) is 13.6. The molecule has 2 rings (SSSR count). The Morgan fingerprint density at radius 3 is 2.45 bits per heavy atom. The number of ether oxygens (including phenoxy) is 1. The van der Waals surface area contributed by atoms with E-state index in [9.17, 15) is 18.0 Å². The zero-order valence-electron chi connectivity index (χ0n) is 19.2. The average molecular weight is 540 g/mol. The van der Waals surface area contributed by atoms with E-state index < -0.39 is 16.1 Å². The van der Waals surface area contributed by atoms with Gasteiger partial charge in [0.15, 0.2) is 0 Å². The Morgan fingerprint density at radius 2 is 1.85 bits per heavy atom. The minimum Gasteiger partial charge on any atom is -0.497 e. The summed E-state index contributed by atoms with van der Waals surface area (Å²) in [5.74, 6) is 0.0366. The van der Waals surface area contributed by atoms with Crippen molar-refractivity contribution >= 4 is 43.5 Å². The third-order valence-corrected chi connectivity index (χ3v) is 6.84. The Labute approximate surface area is 204 Å². The Hall–Kier alpha value is -2.59. The molecule has 2 aromatic rings. The summed E-state index contributed by atoms with van der Waals surface area (Å²) in [5.41, 5.74) is 1.34. The number of amides is 2. The molecule has 0 unspecified atom stereocenters. The van der Waals surface area contributed by atoms with Crippen LogP contribution in [0.2, 0.25) is 0 Å². The second-order valence-electron chi connectivity index (χ2n) is 7.58. The number of methoxy groups -OCH3 is 1. The molecule has 0 aliphatic rings. The van der Waals surface area contributed by atoms with Crippen molar-refractivity contribution in [2.45, 2.75) is 32.4 Å². The average Bonchev–Trinajstić information content (AvgIpc) is 2.78. The van der Waals surface area contributed by atoms with Gasteiger partial charge in [0.05, 0.1) is 19.1 Å². The van der Waals surface area contributed by atoms with Crippen LogP contribution in [-0.2, 0) is 26.2 Å². The SMILES string of the molecule is CNC(=O)[C@H](C)N(Cc1cccc(Br)c1)C(=O)CCCN(c1cccc(OC)c1)S(C)(=O)=O. The Balaban J connectivity index is 2.15. The lowest BCUT2D eigenvalue weighted by Crippen LogP contribution is -2.46. The molecule has 0 spiro atoms. The molecule has 2 aromatic carbocycles. The normalized spacial score (nSPS) is 12.0. The highest BCUT2D eigenvalue weighted by molar-refractivity contribution is 9.10. The van der Waals surface area contributed by atoms with E-state index in [-0.39, 0.29) is 31.3 Å². The molecule has 10 heteroatoms. The number of halogens is 1. The summed E-state index contributed by atoms with van der Waals surface area (Å²) in [6.45, 7) is 2.06. The molecule has 1 atom stereocenters. The summed E-state index contributed by atoms with van der Waals surface area (Å²) in [6.07, 6.45) is 1.51. The third kappa shape index (κ3) is 7.75. The van der Waals surface area contributed by atoms with Gasteiger partial charge in [-0.05, 0) is 43.2 Å². The molecule has 2 amide bonds. The first-order valence-electron chi connectivity index (χ1n) is 10.4. The van der Waals surface area contributed by atoms with E-state index in [4.69, 9.17) is 4.74 Å². The molecule has 1 N–H and O–H groups in total. The van der Waals surface area contributed by atoms with Gasteiger partial charge in [0.2, 0.25) is 21.8 Å². The molecule has 0 radical (unpaired) electrons. The molecule has 0 saturated heterocycles. The zero-order valence-corrected chi connectivity index (χ0v) is 21.6. The van der Waals surface area contributed by atoms with Gasteiger partial charge in [0.25, 0.3) is 0 Å². The Bertz CT molecular complexity index is 1080. The topological polar surface area (TPSA) is 96.0 Å². The minimum absolute atomic E-state index is 0.0886. The van der Waals surface area contributed by atoms with E-state index in [0.29, 0.717) is 17.9 Å². The first-order chi connectivity index (χ1) is 15.6. The van der Waals surface area contributed by atoms with Crippen LogP contribution in [0.15, 0.2) is 53.0 Å². The van der Waals surface area contributed by atoms with Gasteiger partial charge in [-0.3, -0.25) is 13.9 Å². The Morgan fingerprint density at radius 1 is 1.15 bits per heavy atom. The van der Waals surface area contributed by atoms with Gasteiger partial charge < -0.3 is 15.0 Å². The fraction of sp³-hybridized carbons (Fsp3) is 0.391. The van der Waals surface area contributed by atoms with Crippen LogP contribution >= 0.6 is 15.9 Å². The first-order valence-corrected chi connectivity index (χ1v) is 13.1. The second kappa shape index (κ2) is 12.0. The molecule has 0 aliphatic carbocycles. The lowest BCUT2D eigenvalue weighted by Gasteiger charge is -2.29. The van der Waals surface area contributed by atoms with Gasteiger partial charge in [0, 0.05) is 37.1 Å². The van der Waals surface area contributed by atoms with Crippen LogP contribution in [0.4, 0.5) is 5.69 Å². The smallest absolute Gasteiger partial charge is 0.242 e. The van der Waals surface area contributed by atoms with Gasteiger partial charge in [0.1, 0.15) is 11.8 Å². The van der Waals surface area contributed by atoms with E-state index in [0.717, 1.165) is 16.3 Å². The number of sulfonamides is 1. The maximum atomic E-state index is 13.1. The van der Waals surface area contributed by atoms with E-state index in [2.05, 4.69) is 21.2 Å². The van der Waals surface area contributed by atoms with Crippen molar-refractivity contribution in [3.8, 4) is 5.75 Å². The van der Waals surface area contributed by atoms with Gasteiger partial charge in [-0.15, -0.1) is 0 Å². The summed E-state index contributed by atoms with van der Waals surface area (Å²) >= 11 is 3.42. The maximum Gasteiger partial charge on any atom is 0.242 e. The van der Waals surface area contributed by atoms with E-state index in [1.54, 1.807) is 31.2 Å². The van der Waals surface area contributed by atoms with Crippen LogP contribution < -0.4 is 14.4 Å². The molecular weight excluding hydrogens is 510 g/mol. The molecule has 0 bridgehead atoms. The third-order valence-electron chi connectivity index (χ3n) is 5.15. The molecule has 180 valence electrons. The standard InChI is InChI=1S/C23H30BrN3O5S/c1-17(23(29)25-2)26(16-18-8-5-9-19(24)14-18)22(28)12-7-13-27(33(4,30)31)20-10-6-11-21(15-20)32-3/h5-6,8-11,14-15,17H,7,12-13,16H2,1-4H3,(H,25,29)/t17-/m0/s1. The summed E-state index contributed by atoms with van der Waals surface area (Å²) in [4.78, 5) is 26.9. The highest BCUT2D eigenvalue weighted by Crippen LogP contribution is 2.24. The summed E-state index contributed by atoms with van der Waals surface area (Å²) in [7, 11) is -0.528. The number of anilines is 1. The predicted octanol–water partition coefficient (Wildman–Crippen LogP) is 3.17. The number of likely N-dealkylation sites (N-methyl/N-ethyl adjacent to an activating group) is 1. The number of nitrogens with one attached hydrogen (secondary N) is 1. The number of hydrogen-bond acceptors (Lipinski definition) is 5. The highest BCUT2D eigenvalue weighted by atomic mass is 79.9. The molecular formula is C23H30BrN3O5S. The van der Waals surface area contributed by atoms with Crippen LogP contribution in [0.5, 0.6) is 5.75 Å². The number of carbonyl (C=O) groups is 2. The molecule has 8 nitrogen and oxygen atoms in total. The maximum absolute atomic E-state index is 13.1. The number of carbonyl (C=O) groups excluding carboxylic acids is 2. The molecule has 0 fully saturated rings. The second-order valence-corrected chi connectivity index (χ2v) is 10.4. The van der Waals surface area contributed by atoms with Gasteiger partial charge in [-0.1, -0.05) is 34.1 Å². The van der Waals surface area contributed by atoms with Crippen molar-refractivity contribution in [1.82, 2.24) is 10.2 Å². The lowest BCUT2D eigenvalue weighted by molar-refractivity contribution is -0.140. The highest BCUT2D eigenvalue weighted by Gasteiger charge is 2.26. The van der Waals surface area contributed by atoms with Gasteiger partial charge >= 0.3 is 0 Å². The zero-order chi connectivity index (χ0) is 24.6. The molecule has 0 saturated carbocycles. The van der Waals surface area contributed by atoms with Crippen LogP contribution in [0, 0.1) is 0 Å². The fourth-order valence-corrected chi connectivity index (χ4v) is 4.80. The van der Waals surface area contributed by atoms with E-state index >= 15 is 0 Å². The van der Waals surface area contributed by atoms with Crippen LogP contribution in [-0.4, -0.2) is 58.1 Å². The van der Waals surface area contributed by atoms with Gasteiger partial charge in [-0.2, -0.15) is 0 Å². The van der Waals surface area contributed by atoms with Crippen molar-refractivity contribution in [2.24, 2.45) is 0 Å². The van der Waals surface area contributed by atoms with Crippen LogP contribution in [0.25, 0.3) is 0 Å². The Kier molecular flexibility index (Phi) is 9.72. The van der Waals surface area contributed by atoms with Crippen LogP contribution in [0.1, 0.15) is 25.3 Å². The lowest BCUT2D eigenvalue weighted by atomic mass is 10.1. The molecule has 0 aromatic heterocycles. The summed E-state index contributed by atoms with van der Waals surface area (Å²) in [5, 5.41) is 2.58. The number of rotatable bonds is 11. The number of nitrogens with zero attached hydrogens (tertiary/aromatic N) is 2. The number of hydrogen-bond donors (Lipinski definition) is 1. The van der Waals surface area contributed by atoms with Crippen molar-refractivity contribution in [3.05, 3.63) is 58.6 Å². The number of benzene rings is 2. The van der Waals surface area contributed by atoms with Gasteiger partial charge in [-0.25, -0.2) is 8.42 Å². The fourth-order valence-electron chi connectivity index (χ4n) is 3.39. The van der Waals surface area contributed by atoms with Crippen molar-refractivity contribution in [3.63, 3.8) is 0 Å². The summed E-state index contributed by atoms with van der Waals surface area (Å²) < 4.78 is 32.1. The largest absolute Gasteiger partial charge is 0.497 e. The minimum atomic E-state index is -3.56. The van der Waals surface area contributed by atoms with Crippen LogP contribution in [0.3, 0.4) is 0 Å². The monoisotopic (exact) mass is 539 g/mol. The quantitative estimate of drug-likeness (QED) is 0.473. The van der Waals surface area contributed by atoms with Crippen molar-refractivity contribution in [1.29, 1.82) is 0 Å². The van der Waals surface area contributed by atoms with E-state index in [1.165, 1.54) is 23.4 Å². The predicted molar refractivity (Wildman–Crippen MR) is 133 cm³/mol. The van der Waals surface area contributed by atoms with Crippen molar-refractivity contribution < 1.29 is 22.7 Å². The van der Waals surface area contributed by atoms with Crippen molar-refractivity contribution in [2.75, 3.05) is 31.3 Å². The first kappa shape index (κ1) is 26.7. The molecule has 33 heavy (non-hydrogen) atoms. The van der Waals surface area contributed by atoms with E-state index in [1.807, 2.05) is 24.3 Å². The molecule has 0 aliphatic heterocycles. The molecule has 0 heterocycles.